The van der Waals surface area contributed by atoms with Crippen LogP contribution in [0.1, 0.15) is 19.3 Å². The van der Waals surface area contributed by atoms with Crippen molar-refractivity contribution >= 4 is 17.7 Å². The Kier molecular flexibility index (Phi) is 7.86. The summed E-state index contributed by atoms with van der Waals surface area (Å²) in [5, 5.41) is 9.41. The van der Waals surface area contributed by atoms with E-state index in [1.165, 1.54) is 17.2 Å². The van der Waals surface area contributed by atoms with Crippen LogP contribution in [0.2, 0.25) is 0 Å². The van der Waals surface area contributed by atoms with Gasteiger partial charge in [-0.3, -0.25) is 9.36 Å². The Morgan fingerprint density at radius 3 is 2.54 bits per heavy atom. The molecule has 7 N–H and O–H groups in total. The van der Waals surface area contributed by atoms with Crippen molar-refractivity contribution in [2.75, 3.05) is 25.4 Å². The second kappa shape index (κ2) is 9.63. The Morgan fingerprint density at radius 2 is 2.00 bits per heavy atom. The molecule has 0 saturated carbocycles. The van der Waals surface area contributed by atoms with Crippen molar-refractivity contribution in [3.8, 4) is 0 Å². The summed E-state index contributed by atoms with van der Waals surface area (Å²) in [5.74, 6) is -1.58. The zero-order valence-electron chi connectivity index (χ0n) is 13.4. The third-order valence-electron chi connectivity index (χ3n) is 3.48. The third kappa shape index (κ3) is 5.63. The number of nitrogen functional groups attached to an aromatic ring is 1. The number of hydrogen-bond acceptors (Lipinski definition) is 7. The molecule has 0 spiro atoms. The lowest BCUT2D eigenvalue weighted by molar-refractivity contribution is -0.150. The second-order valence-electron chi connectivity index (χ2n) is 5.28. The number of anilines is 1. The molecule has 0 radical (unpaired) electrons. The molecule has 1 amide bonds. The Labute approximate surface area is 139 Å². The van der Waals surface area contributed by atoms with Gasteiger partial charge in [-0.15, -0.1) is 0 Å². The molecule has 1 rings (SSSR count). The van der Waals surface area contributed by atoms with E-state index in [4.69, 9.17) is 17.2 Å². The van der Waals surface area contributed by atoms with Gasteiger partial charge in [0.2, 0.25) is 5.91 Å². The second-order valence-corrected chi connectivity index (χ2v) is 5.28. The van der Waals surface area contributed by atoms with Gasteiger partial charge < -0.3 is 27.2 Å². The molecule has 0 aliphatic heterocycles. The number of nitrogens with two attached hydrogens (primary N) is 3. The van der Waals surface area contributed by atoms with E-state index in [0.29, 0.717) is 19.4 Å². The van der Waals surface area contributed by atoms with Gasteiger partial charge in [0.25, 0.3) is 0 Å². The van der Waals surface area contributed by atoms with Crippen LogP contribution >= 0.6 is 0 Å². The number of carbonyl (C=O) groups is 2. The minimum Gasteiger partial charge on any atom is -0.480 e. The number of aliphatic carboxylic acids is 1. The highest BCUT2D eigenvalue weighted by Crippen LogP contribution is 2.10. The van der Waals surface area contributed by atoms with Gasteiger partial charge in [0, 0.05) is 19.3 Å². The highest BCUT2D eigenvalue weighted by atomic mass is 16.4. The van der Waals surface area contributed by atoms with Crippen molar-refractivity contribution in [1.29, 1.82) is 0 Å². The Hall–Kier alpha value is -2.46. The Morgan fingerprint density at radius 1 is 1.29 bits per heavy atom. The fourth-order valence-corrected chi connectivity index (χ4v) is 2.29. The summed E-state index contributed by atoms with van der Waals surface area (Å²) < 4.78 is 1.07. The number of carboxylic acids is 1. The highest BCUT2D eigenvalue weighted by molar-refractivity contribution is 5.83. The van der Waals surface area contributed by atoms with Crippen LogP contribution in [0.3, 0.4) is 0 Å². The first-order valence-electron chi connectivity index (χ1n) is 7.66. The lowest BCUT2D eigenvalue weighted by Crippen LogP contribution is -2.49. The number of carboxylic acid groups (broad SMARTS) is 1. The van der Waals surface area contributed by atoms with E-state index in [9.17, 15) is 19.5 Å². The van der Waals surface area contributed by atoms with E-state index in [2.05, 4.69) is 4.98 Å². The van der Waals surface area contributed by atoms with Crippen molar-refractivity contribution in [2.45, 2.75) is 31.8 Å². The maximum atomic E-state index is 12.5. The molecule has 1 aromatic rings. The van der Waals surface area contributed by atoms with Crippen LogP contribution in [0.5, 0.6) is 0 Å². The zero-order valence-corrected chi connectivity index (χ0v) is 13.4. The molecule has 0 saturated heterocycles. The first-order chi connectivity index (χ1) is 11.4. The quantitative estimate of drug-likeness (QED) is 0.361. The lowest BCUT2D eigenvalue weighted by atomic mass is 10.1. The lowest BCUT2D eigenvalue weighted by Gasteiger charge is -2.29. The highest BCUT2D eigenvalue weighted by Gasteiger charge is 2.28. The van der Waals surface area contributed by atoms with Crippen LogP contribution in [-0.4, -0.2) is 57.1 Å². The number of nitrogens with zero attached hydrogens (tertiary/aromatic N) is 3. The van der Waals surface area contributed by atoms with Crippen LogP contribution in [0.25, 0.3) is 0 Å². The molecule has 1 aromatic heterocycles. The normalized spacial score (nSPS) is 11.9. The maximum Gasteiger partial charge on any atom is 0.349 e. The van der Waals surface area contributed by atoms with E-state index in [-0.39, 0.29) is 31.9 Å². The van der Waals surface area contributed by atoms with Crippen molar-refractivity contribution in [1.82, 2.24) is 14.5 Å². The summed E-state index contributed by atoms with van der Waals surface area (Å²) in [7, 11) is 0. The molecule has 1 atom stereocenters. The summed E-state index contributed by atoms with van der Waals surface area (Å²) in [6, 6.07) is 0.378. The molecule has 10 nitrogen and oxygen atoms in total. The van der Waals surface area contributed by atoms with Crippen LogP contribution in [-0.2, 0) is 16.1 Å². The van der Waals surface area contributed by atoms with Crippen molar-refractivity contribution < 1.29 is 14.7 Å². The molecule has 134 valence electrons. The molecule has 0 unspecified atom stereocenters. The minimum absolute atomic E-state index is 0.0488. The van der Waals surface area contributed by atoms with Crippen molar-refractivity contribution in [3.05, 3.63) is 22.7 Å². The Balaban J connectivity index is 2.92. The molecule has 0 aromatic carbocycles. The molecule has 0 aliphatic rings. The molecular weight excluding hydrogens is 316 g/mol. The van der Waals surface area contributed by atoms with Gasteiger partial charge >= 0.3 is 11.7 Å². The zero-order chi connectivity index (χ0) is 18.1. The number of hydrogen-bond donors (Lipinski definition) is 4. The van der Waals surface area contributed by atoms with E-state index >= 15 is 0 Å². The third-order valence-corrected chi connectivity index (χ3v) is 3.48. The van der Waals surface area contributed by atoms with Crippen LogP contribution in [0.4, 0.5) is 5.82 Å². The number of unbranched alkanes of at least 4 members (excludes halogenated alkanes) is 1. The predicted molar refractivity (Wildman–Crippen MR) is 88.0 cm³/mol. The largest absolute Gasteiger partial charge is 0.480 e. The smallest absolute Gasteiger partial charge is 0.349 e. The van der Waals surface area contributed by atoms with Crippen molar-refractivity contribution in [3.63, 3.8) is 0 Å². The Bertz CT molecular complexity index is 618. The van der Waals surface area contributed by atoms with Gasteiger partial charge in [0.1, 0.15) is 18.4 Å². The van der Waals surface area contributed by atoms with Gasteiger partial charge in [-0.25, -0.2) is 9.59 Å². The fourth-order valence-electron chi connectivity index (χ4n) is 2.29. The molecule has 0 bridgehead atoms. The molecular formula is C14H24N6O4. The monoisotopic (exact) mass is 340 g/mol. The molecule has 10 heteroatoms. The predicted octanol–water partition coefficient (Wildman–Crippen LogP) is -1.80. The molecule has 24 heavy (non-hydrogen) atoms. The minimum atomic E-state index is -1.11. The summed E-state index contributed by atoms with van der Waals surface area (Å²) in [6.07, 6.45) is 2.85. The number of aromatic nitrogens is 2. The fraction of sp³-hybridized carbons (Fsp3) is 0.571. The molecule has 0 aliphatic carbocycles. The summed E-state index contributed by atoms with van der Waals surface area (Å²) in [4.78, 5) is 40.4. The number of amides is 1. The van der Waals surface area contributed by atoms with Crippen LogP contribution < -0.4 is 22.9 Å². The van der Waals surface area contributed by atoms with Gasteiger partial charge in [-0.05, 0) is 31.9 Å². The first kappa shape index (κ1) is 19.6. The maximum absolute atomic E-state index is 12.5. The van der Waals surface area contributed by atoms with E-state index in [1.54, 1.807) is 0 Å². The first-order valence-corrected chi connectivity index (χ1v) is 7.66. The molecule has 0 fully saturated rings. The summed E-state index contributed by atoms with van der Waals surface area (Å²) >= 11 is 0. The average molecular weight is 340 g/mol. The van der Waals surface area contributed by atoms with Crippen LogP contribution in [0.15, 0.2) is 17.1 Å². The van der Waals surface area contributed by atoms with E-state index < -0.39 is 23.6 Å². The van der Waals surface area contributed by atoms with Gasteiger partial charge in [0.05, 0.1) is 0 Å². The SMILES string of the molecule is NCCCC[C@H](C(=O)O)N(CCN)C(=O)Cn1ccc(N)nc1=O. The van der Waals surface area contributed by atoms with Crippen molar-refractivity contribution in [2.24, 2.45) is 11.5 Å². The molecule has 1 heterocycles. The van der Waals surface area contributed by atoms with E-state index in [1.807, 2.05) is 0 Å². The summed E-state index contributed by atoms with van der Waals surface area (Å²) in [5.41, 5.74) is 15.6. The standard InChI is InChI=1S/C14H24N6O4/c15-5-2-1-3-10(13(22)23)20(8-6-16)12(21)9-19-7-4-11(17)18-14(19)24/h4,7,10H,1-3,5-6,8-9,15-16H2,(H,22,23)(H2,17,18,24)/t10-/m1/s1. The van der Waals surface area contributed by atoms with Gasteiger partial charge in [-0.1, -0.05) is 0 Å². The van der Waals surface area contributed by atoms with Gasteiger partial charge in [0.15, 0.2) is 0 Å². The number of rotatable bonds is 10. The summed E-state index contributed by atoms with van der Waals surface area (Å²) in [6.45, 7) is 0.313. The number of carbonyl (C=O) groups excluding carboxylic acids is 1. The average Bonchev–Trinajstić information content (AvgIpc) is 2.52. The van der Waals surface area contributed by atoms with Gasteiger partial charge in [-0.2, -0.15) is 4.98 Å². The van der Waals surface area contributed by atoms with Crippen LogP contribution in [0, 0.1) is 0 Å². The topological polar surface area (TPSA) is 171 Å². The van der Waals surface area contributed by atoms with E-state index in [0.717, 1.165) is 4.57 Å².